The molecule has 9 rings (SSSR count). The van der Waals surface area contributed by atoms with Crippen molar-refractivity contribution in [2.45, 2.75) is 0 Å². The second-order valence-electron chi connectivity index (χ2n) is 10.5. The lowest BCUT2D eigenvalue weighted by Crippen LogP contribution is -2.19. The highest BCUT2D eigenvalue weighted by Gasteiger charge is 2.16. The summed E-state index contributed by atoms with van der Waals surface area (Å²) in [6.45, 7) is 0. The molecule has 9 aromatic rings. The van der Waals surface area contributed by atoms with E-state index < -0.39 is 0 Å². The fourth-order valence-corrected chi connectivity index (χ4v) is 6.52. The Bertz CT molecular complexity index is 2510. The zero-order valence-corrected chi connectivity index (χ0v) is 21.9. The zero-order valence-electron chi connectivity index (χ0n) is 21.9. The average Bonchev–Trinajstić information content (AvgIpc) is 3.56. The second-order valence-corrected chi connectivity index (χ2v) is 10.5. The predicted molar refractivity (Wildman–Crippen MR) is 169 cm³/mol. The molecule has 0 atom stereocenters. The van der Waals surface area contributed by atoms with Crippen LogP contribution in [-0.4, -0.2) is 9.13 Å². The van der Waals surface area contributed by atoms with Gasteiger partial charge in [0.1, 0.15) is 11.2 Å². The third kappa shape index (κ3) is 3.07. The van der Waals surface area contributed by atoms with Gasteiger partial charge in [0, 0.05) is 38.0 Å². The maximum atomic E-state index is 13.9. The van der Waals surface area contributed by atoms with E-state index in [9.17, 15) is 4.79 Å². The van der Waals surface area contributed by atoms with E-state index >= 15 is 0 Å². The van der Waals surface area contributed by atoms with Gasteiger partial charge in [-0.05, 0) is 66.0 Å². The molecule has 0 spiro atoms. The van der Waals surface area contributed by atoms with Crippen LogP contribution >= 0.6 is 0 Å². The summed E-state index contributed by atoms with van der Waals surface area (Å²) in [5.41, 5.74) is 6.67. The van der Waals surface area contributed by atoms with Crippen LogP contribution in [0.5, 0.6) is 0 Å². The molecule has 192 valence electrons. The van der Waals surface area contributed by atoms with Gasteiger partial charge < -0.3 is 8.98 Å². The second kappa shape index (κ2) is 8.20. The number of furan rings is 1. The van der Waals surface area contributed by atoms with Crippen LogP contribution in [0.3, 0.4) is 0 Å². The molecule has 0 radical (unpaired) electrons. The highest BCUT2D eigenvalue weighted by Crippen LogP contribution is 2.36. The van der Waals surface area contributed by atoms with Crippen LogP contribution in [0, 0.1) is 0 Å². The van der Waals surface area contributed by atoms with E-state index in [4.69, 9.17) is 4.42 Å². The molecule has 0 N–H and O–H groups in total. The number of pyridine rings is 1. The first-order valence-electron chi connectivity index (χ1n) is 13.7. The van der Waals surface area contributed by atoms with E-state index in [-0.39, 0.29) is 5.56 Å². The molecule has 0 fully saturated rings. The standard InChI is InChI=1S/C37H22N2O2/c40-37-29-13-2-1-9-25(29)26-10-3-8-16-34(26)39(37)24-18-20-36-31(22-24)30-21-23(17-19-35(30)41-36)38-32-14-6-4-11-27(32)28-12-5-7-15-33(28)38/h1-22H. The molecule has 0 saturated heterocycles. The van der Waals surface area contributed by atoms with Gasteiger partial charge in [-0.1, -0.05) is 72.8 Å². The lowest BCUT2D eigenvalue weighted by Gasteiger charge is -2.13. The predicted octanol–water partition coefficient (Wildman–Crippen LogP) is 9.14. The van der Waals surface area contributed by atoms with Crippen molar-refractivity contribution in [1.29, 1.82) is 0 Å². The Kier molecular flexibility index (Phi) is 4.44. The van der Waals surface area contributed by atoms with Gasteiger partial charge in [-0.25, -0.2) is 0 Å². The molecule has 6 aromatic carbocycles. The first-order valence-corrected chi connectivity index (χ1v) is 13.7. The molecule has 0 amide bonds. The van der Waals surface area contributed by atoms with Gasteiger partial charge in [0.2, 0.25) is 0 Å². The van der Waals surface area contributed by atoms with Crippen LogP contribution in [0.1, 0.15) is 0 Å². The SMILES string of the molecule is O=c1c2ccccc2c2ccccc2n1-c1ccc2oc3ccc(-n4c5ccccc5c5ccccc54)cc3c2c1. The number of nitrogens with zero attached hydrogens (tertiary/aromatic N) is 2. The Morgan fingerprint density at radius 1 is 0.390 bits per heavy atom. The molecule has 3 aromatic heterocycles. The van der Waals surface area contributed by atoms with Gasteiger partial charge in [0.15, 0.2) is 0 Å². The summed E-state index contributed by atoms with van der Waals surface area (Å²) >= 11 is 0. The summed E-state index contributed by atoms with van der Waals surface area (Å²) in [6.07, 6.45) is 0. The van der Waals surface area contributed by atoms with Crippen LogP contribution in [0.25, 0.3) is 76.8 Å². The van der Waals surface area contributed by atoms with Crippen LogP contribution in [-0.2, 0) is 0 Å². The van der Waals surface area contributed by atoms with E-state index in [2.05, 4.69) is 77.4 Å². The minimum Gasteiger partial charge on any atom is -0.456 e. The number of benzene rings is 6. The van der Waals surface area contributed by atoms with Crippen LogP contribution in [0.15, 0.2) is 143 Å². The molecule has 0 saturated carbocycles. The van der Waals surface area contributed by atoms with Crippen molar-refractivity contribution in [2.24, 2.45) is 0 Å². The van der Waals surface area contributed by atoms with Gasteiger partial charge in [0.05, 0.1) is 22.2 Å². The van der Waals surface area contributed by atoms with E-state index in [0.29, 0.717) is 5.39 Å². The summed E-state index contributed by atoms with van der Waals surface area (Å²) < 4.78 is 10.4. The normalized spacial score (nSPS) is 12.0. The number of fused-ring (bicyclic) bond motifs is 9. The zero-order chi connectivity index (χ0) is 27.1. The smallest absolute Gasteiger partial charge is 0.263 e. The first-order chi connectivity index (χ1) is 20.3. The minimum atomic E-state index is -0.0302. The molecular formula is C37H22N2O2. The Morgan fingerprint density at radius 2 is 0.805 bits per heavy atom. The number of hydrogen-bond acceptors (Lipinski definition) is 2. The molecule has 0 unspecified atom stereocenters. The van der Waals surface area contributed by atoms with Crippen LogP contribution < -0.4 is 5.56 Å². The average molecular weight is 527 g/mol. The largest absolute Gasteiger partial charge is 0.456 e. The lowest BCUT2D eigenvalue weighted by atomic mass is 10.1. The quantitative estimate of drug-likeness (QED) is 0.211. The summed E-state index contributed by atoms with van der Waals surface area (Å²) in [6, 6.07) is 45.4. The topological polar surface area (TPSA) is 40.1 Å². The van der Waals surface area contributed by atoms with Crippen molar-refractivity contribution >= 4 is 65.4 Å². The number of rotatable bonds is 2. The molecule has 4 heteroatoms. The third-order valence-corrected chi connectivity index (χ3v) is 8.33. The monoisotopic (exact) mass is 526 g/mol. The van der Waals surface area contributed by atoms with Gasteiger partial charge in [0.25, 0.3) is 5.56 Å². The molecule has 3 heterocycles. The van der Waals surface area contributed by atoms with E-state index in [1.54, 1.807) is 0 Å². The van der Waals surface area contributed by atoms with Crippen LogP contribution in [0.2, 0.25) is 0 Å². The minimum absolute atomic E-state index is 0.0302. The summed E-state index contributed by atoms with van der Waals surface area (Å²) in [5.74, 6) is 0. The Labute approximate surface area is 233 Å². The van der Waals surface area contributed by atoms with Gasteiger partial charge in [-0.2, -0.15) is 0 Å². The van der Waals surface area contributed by atoms with Gasteiger partial charge in [-0.3, -0.25) is 9.36 Å². The molecular weight excluding hydrogens is 504 g/mol. The molecule has 4 nitrogen and oxygen atoms in total. The van der Waals surface area contributed by atoms with E-state index in [0.717, 1.165) is 60.6 Å². The van der Waals surface area contributed by atoms with Crippen molar-refractivity contribution in [1.82, 2.24) is 9.13 Å². The number of hydrogen-bond donors (Lipinski definition) is 0. The maximum Gasteiger partial charge on any atom is 0.263 e. The fourth-order valence-electron chi connectivity index (χ4n) is 6.52. The first kappa shape index (κ1) is 22.2. The Balaban J connectivity index is 1.33. The van der Waals surface area contributed by atoms with Crippen molar-refractivity contribution in [2.75, 3.05) is 0 Å². The third-order valence-electron chi connectivity index (χ3n) is 8.33. The van der Waals surface area contributed by atoms with Gasteiger partial charge >= 0.3 is 0 Å². The lowest BCUT2D eigenvalue weighted by molar-refractivity contribution is 0.669. The fraction of sp³-hybridized carbons (Fsp3) is 0. The number of aromatic nitrogens is 2. The summed E-state index contributed by atoms with van der Waals surface area (Å²) in [4.78, 5) is 13.9. The summed E-state index contributed by atoms with van der Waals surface area (Å²) in [7, 11) is 0. The summed E-state index contributed by atoms with van der Waals surface area (Å²) in [5, 5.41) is 7.17. The highest BCUT2D eigenvalue weighted by molar-refractivity contribution is 6.11. The maximum absolute atomic E-state index is 13.9. The molecule has 0 bridgehead atoms. The van der Waals surface area contributed by atoms with E-state index in [1.165, 1.54) is 10.8 Å². The Morgan fingerprint density at radius 3 is 1.37 bits per heavy atom. The molecule has 41 heavy (non-hydrogen) atoms. The van der Waals surface area contributed by atoms with Crippen molar-refractivity contribution < 1.29 is 4.42 Å². The van der Waals surface area contributed by atoms with Crippen molar-refractivity contribution in [3.8, 4) is 11.4 Å². The van der Waals surface area contributed by atoms with Crippen LogP contribution in [0.4, 0.5) is 0 Å². The molecule has 0 aliphatic carbocycles. The Hall–Kier alpha value is -5.61. The van der Waals surface area contributed by atoms with Gasteiger partial charge in [-0.15, -0.1) is 0 Å². The molecule has 0 aliphatic heterocycles. The number of para-hydroxylation sites is 3. The van der Waals surface area contributed by atoms with E-state index in [1.807, 2.05) is 65.2 Å². The van der Waals surface area contributed by atoms with Crippen molar-refractivity contribution in [3.63, 3.8) is 0 Å². The highest BCUT2D eigenvalue weighted by atomic mass is 16.3. The van der Waals surface area contributed by atoms with Crippen molar-refractivity contribution in [3.05, 3.63) is 144 Å². The molecule has 0 aliphatic rings.